The minimum atomic E-state index is -4.11. The lowest BCUT2D eigenvalue weighted by atomic mass is 9.89. The second kappa shape index (κ2) is 11.7. The Morgan fingerprint density at radius 2 is 1.85 bits per heavy atom. The minimum absolute atomic E-state index is 0.0283. The predicted octanol–water partition coefficient (Wildman–Crippen LogP) is 5.17. The first kappa shape index (κ1) is 28.2. The number of sulfonamides is 1. The third-order valence-corrected chi connectivity index (χ3v) is 8.40. The first-order chi connectivity index (χ1) is 19.2. The van der Waals surface area contributed by atoms with Gasteiger partial charge < -0.3 is 10.2 Å². The van der Waals surface area contributed by atoms with Gasteiger partial charge in [0.25, 0.3) is 15.9 Å². The van der Waals surface area contributed by atoms with Crippen LogP contribution >= 0.6 is 23.2 Å². The number of rotatable bonds is 8. The summed E-state index contributed by atoms with van der Waals surface area (Å²) in [5.41, 5.74) is 1.55. The zero-order valence-electron chi connectivity index (χ0n) is 21.3. The SMILES string of the molecule is CCONS(=O)(=O)c1cnn2c(Nc3cc(Cl)ccc3Cl)c(C(=O)N3CCC(c4ccc(F)cc4)CC3)cnc12. The van der Waals surface area contributed by atoms with Gasteiger partial charge in [0, 0.05) is 24.3 Å². The van der Waals surface area contributed by atoms with Gasteiger partial charge in [0.2, 0.25) is 0 Å². The van der Waals surface area contributed by atoms with Gasteiger partial charge in [0.05, 0.1) is 23.5 Å². The topological polar surface area (TPSA) is 118 Å². The molecule has 1 fully saturated rings. The quantitative estimate of drug-likeness (QED) is 0.266. The highest BCUT2D eigenvalue weighted by atomic mass is 35.5. The number of benzene rings is 2. The lowest BCUT2D eigenvalue weighted by Gasteiger charge is -2.32. The van der Waals surface area contributed by atoms with Crippen molar-refractivity contribution in [2.24, 2.45) is 0 Å². The molecular weight excluding hydrogens is 582 g/mol. The third kappa shape index (κ3) is 5.77. The molecule has 1 amide bonds. The number of anilines is 2. The van der Waals surface area contributed by atoms with E-state index < -0.39 is 10.0 Å². The van der Waals surface area contributed by atoms with Crippen molar-refractivity contribution in [3.8, 4) is 0 Å². The maximum atomic E-state index is 13.8. The molecule has 4 aromatic rings. The first-order valence-corrected chi connectivity index (χ1v) is 14.7. The molecule has 210 valence electrons. The highest BCUT2D eigenvalue weighted by Gasteiger charge is 2.30. The first-order valence-electron chi connectivity index (χ1n) is 12.4. The number of likely N-dealkylation sites (tertiary alicyclic amines) is 1. The molecule has 2 N–H and O–H groups in total. The Labute approximate surface area is 240 Å². The van der Waals surface area contributed by atoms with E-state index in [1.54, 1.807) is 42.2 Å². The molecule has 0 aliphatic carbocycles. The van der Waals surface area contributed by atoms with E-state index in [-0.39, 0.29) is 46.2 Å². The Morgan fingerprint density at radius 3 is 2.55 bits per heavy atom. The number of hydrogen-bond acceptors (Lipinski definition) is 7. The van der Waals surface area contributed by atoms with E-state index in [4.69, 9.17) is 28.0 Å². The molecule has 0 spiro atoms. The van der Waals surface area contributed by atoms with Crippen LogP contribution in [0.3, 0.4) is 0 Å². The summed E-state index contributed by atoms with van der Waals surface area (Å²) in [7, 11) is -4.11. The number of nitrogens with one attached hydrogen (secondary N) is 2. The van der Waals surface area contributed by atoms with Crippen LogP contribution in [-0.2, 0) is 14.9 Å². The van der Waals surface area contributed by atoms with Crippen LogP contribution < -0.4 is 10.2 Å². The summed E-state index contributed by atoms with van der Waals surface area (Å²) in [5.74, 6) is -0.246. The molecule has 0 radical (unpaired) electrons. The molecule has 14 heteroatoms. The fourth-order valence-corrected chi connectivity index (χ4v) is 5.86. The van der Waals surface area contributed by atoms with Crippen LogP contribution in [0.5, 0.6) is 0 Å². The lowest BCUT2D eigenvalue weighted by molar-refractivity contribution is 0.0713. The Hall–Kier alpha value is -3.29. The van der Waals surface area contributed by atoms with Crippen molar-refractivity contribution in [3.63, 3.8) is 0 Å². The summed E-state index contributed by atoms with van der Waals surface area (Å²) < 4.78 is 40.2. The fraction of sp³-hybridized carbons (Fsp3) is 0.269. The fourth-order valence-electron chi connectivity index (χ4n) is 4.60. The molecule has 0 saturated carbocycles. The molecule has 0 atom stereocenters. The van der Waals surface area contributed by atoms with Gasteiger partial charge in [-0.1, -0.05) is 40.2 Å². The van der Waals surface area contributed by atoms with Crippen LogP contribution in [0, 0.1) is 5.82 Å². The number of piperidine rings is 1. The van der Waals surface area contributed by atoms with Crippen molar-refractivity contribution in [2.75, 3.05) is 25.0 Å². The Morgan fingerprint density at radius 1 is 1.12 bits per heavy atom. The number of aromatic nitrogens is 3. The molecule has 1 aliphatic rings. The van der Waals surface area contributed by atoms with Gasteiger partial charge in [-0.25, -0.2) is 17.8 Å². The molecule has 10 nitrogen and oxygen atoms in total. The number of hydrogen-bond donors (Lipinski definition) is 2. The normalized spacial score (nSPS) is 14.6. The highest BCUT2D eigenvalue weighted by Crippen LogP contribution is 2.33. The van der Waals surface area contributed by atoms with Gasteiger partial charge in [0.15, 0.2) is 5.65 Å². The molecule has 2 aromatic carbocycles. The highest BCUT2D eigenvalue weighted by molar-refractivity contribution is 7.89. The molecule has 0 unspecified atom stereocenters. The van der Waals surface area contributed by atoms with Crippen molar-refractivity contribution < 1.29 is 22.4 Å². The van der Waals surface area contributed by atoms with Gasteiger partial charge >= 0.3 is 0 Å². The van der Waals surface area contributed by atoms with E-state index in [0.717, 1.165) is 11.8 Å². The maximum absolute atomic E-state index is 13.8. The maximum Gasteiger partial charge on any atom is 0.267 e. The van der Waals surface area contributed by atoms with Crippen molar-refractivity contribution in [1.29, 1.82) is 0 Å². The summed E-state index contributed by atoms with van der Waals surface area (Å²) in [4.78, 5) is 26.4. The van der Waals surface area contributed by atoms with E-state index in [1.165, 1.54) is 22.8 Å². The average Bonchev–Trinajstić information content (AvgIpc) is 3.40. The number of amides is 1. The zero-order chi connectivity index (χ0) is 28.4. The molecular formula is C26H25Cl2FN6O4S. The van der Waals surface area contributed by atoms with E-state index in [9.17, 15) is 17.6 Å². The summed E-state index contributed by atoms with van der Waals surface area (Å²) >= 11 is 12.6. The number of nitrogens with zero attached hydrogens (tertiary/aromatic N) is 4. The van der Waals surface area contributed by atoms with Crippen LogP contribution in [-0.4, -0.2) is 53.5 Å². The molecule has 40 heavy (non-hydrogen) atoms. The van der Waals surface area contributed by atoms with E-state index >= 15 is 0 Å². The third-order valence-electron chi connectivity index (χ3n) is 6.63. The average molecular weight is 607 g/mol. The van der Waals surface area contributed by atoms with E-state index in [1.807, 2.05) is 4.89 Å². The standard InChI is InChI=1S/C26H25Cl2FN6O4S/c1-2-39-33-40(37,38)23-15-31-35-24(32-22-13-18(27)5-8-21(22)28)20(14-30-25(23)35)26(36)34-11-9-17(10-12-34)16-3-6-19(29)7-4-16/h3-8,13-15,17,32-33H,2,9-12H2,1H3. The van der Waals surface area contributed by atoms with Crippen LogP contribution in [0.25, 0.3) is 5.65 Å². The smallest absolute Gasteiger partial charge is 0.267 e. The van der Waals surface area contributed by atoms with Crippen LogP contribution in [0.4, 0.5) is 15.9 Å². The molecule has 0 bridgehead atoms. The number of fused-ring (bicyclic) bond motifs is 1. The zero-order valence-corrected chi connectivity index (χ0v) is 23.6. The van der Waals surface area contributed by atoms with Crippen molar-refractivity contribution in [2.45, 2.75) is 30.6 Å². The lowest BCUT2D eigenvalue weighted by Crippen LogP contribution is -2.38. The van der Waals surface area contributed by atoms with Gasteiger partial charge in [-0.15, -0.1) is 0 Å². The molecule has 3 heterocycles. The summed E-state index contributed by atoms with van der Waals surface area (Å²) in [6.07, 6.45) is 3.83. The number of carbonyl (C=O) groups is 1. The van der Waals surface area contributed by atoms with Crippen molar-refractivity contribution in [3.05, 3.63) is 81.8 Å². The summed E-state index contributed by atoms with van der Waals surface area (Å²) in [6.45, 7) is 2.68. The van der Waals surface area contributed by atoms with Gasteiger partial charge in [-0.2, -0.15) is 9.61 Å². The Bertz CT molecular complexity index is 1660. The molecule has 5 rings (SSSR count). The van der Waals surface area contributed by atoms with Gasteiger partial charge in [-0.3, -0.25) is 9.63 Å². The molecule has 1 aliphatic heterocycles. The second-order valence-corrected chi connectivity index (χ2v) is 11.6. The summed E-state index contributed by atoms with van der Waals surface area (Å²) in [5, 5.41) is 8.06. The van der Waals surface area contributed by atoms with Crippen molar-refractivity contribution in [1.82, 2.24) is 24.4 Å². The Kier molecular flexibility index (Phi) is 8.24. The van der Waals surface area contributed by atoms with Crippen LogP contribution in [0.1, 0.15) is 41.6 Å². The van der Waals surface area contributed by atoms with Gasteiger partial charge in [0.1, 0.15) is 22.1 Å². The van der Waals surface area contributed by atoms with E-state index in [2.05, 4.69) is 15.4 Å². The van der Waals surface area contributed by atoms with Crippen LogP contribution in [0.2, 0.25) is 10.0 Å². The number of halogens is 3. The monoisotopic (exact) mass is 606 g/mol. The van der Waals surface area contributed by atoms with Crippen molar-refractivity contribution >= 4 is 56.3 Å². The largest absolute Gasteiger partial charge is 0.338 e. The molecule has 2 aromatic heterocycles. The number of carbonyl (C=O) groups excluding carboxylic acids is 1. The molecule has 1 saturated heterocycles. The minimum Gasteiger partial charge on any atom is -0.338 e. The Balaban J connectivity index is 1.50. The van der Waals surface area contributed by atoms with E-state index in [0.29, 0.717) is 41.7 Å². The van der Waals surface area contributed by atoms with Gasteiger partial charge in [-0.05, 0) is 61.6 Å². The summed E-state index contributed by atoms with van der Waals surface area (Å²) in [6, 6.07) is 11.2. The second-order valence-electron chi connectivity index (χ2n) is 9.15. The van der Waals surface area contributed by atoms with Crippen LogP contribution in [0.15, 0.2) is 59.8 Å². The predicted molar refractivity (Wildman–Crippen MR) is 149 cm³/mol.